The minimum absolute atomic E-state index is 0.0206. The molecule has 1 unspecified atom stereocenters. The maximum atomic E-state index is 6.54. The molecule has 0 aromatic carbocycles. The van der Waals surface area contributed by atoms with Crippen molar-refractivity contribution in [1.29, 1.82) is 0 Å². The van der Waals surface area contributed by atoms with Gasteiger partial charge in [-0.3, -0.25) is 0 Å². The summed E-state index contributed by atoms with van der Waals surface area (Å²) >= 11 is 6.54. The fraction of sp³-hybridized carbons (Fsp3) is 1.00. The molecule has 4 heteroatoms. The molecule has 0 bridgehead atoms. The summed E-state index contributed by atoms with van der Waals surface area (Å²) in [5.41, 5.74) is 0.323. The van der Waals surface area contributed by atoms with Gasteiger partial charge in [-0.15, -0.1) is 11.6 Å². The molecule has 1 heterocycles. The predicted molar refractivity (Wildman–Crippen MR) is 81.6 cm³/mol. The summed E-state index contributed by atoms with van der Waals surface area (Å²) in [6, 6.07) is 0. The maximum Gasteiger partial charge on any atom is 0.476 e. The molecule has 1 saturated heterocycles. The van der Waals surface area contributed by atoms with Crippen molar-refractivity contribution < 1.29 is 9.31 Å². The Morgan fingerprint density at radius 1 is 1.30 bits per heavy atom. The van der Waals surface area contributed by atoms with Gasteiger partial charge >= 0.3 is 7.12 Å². The quantitative estimate of drug-likeness (QED) is 0.583. The number of fused-ring (bicyclic) bond motifs is 3. The van der Waals surface area contributed by atoms with Crippen LogP contribution in [-0.2, 0) is 9.31 Å². The van der Waals surface area contributed by atoms with E-state index in [1.54, 1.807) is 0 Å². The molecule has 7 atom stereocenters. The van der Waals surface area contributed by atoms with Crippen LogP contribution in [0.2, 0.25) is 0 Å². The molecule has 1 aliphatic heterocycles. The Balaban J connectivity index is 1.54. The molecule has 2 nitrogen and oxygen atoms in total. The summed E-state index contributed by atoms with van der Waals surface area (Å²) in [6.45, 7) is 11.5. The van der Waals surface area contributed by atoms with Crippen LogP contribution in [0.3, 0.4) is 0 Å². The van der Waals surface area contributed by atoms with Gasteiger partial charge in [0, 0.05) is 0 Å². The van der Waals surface area contributed by atoms with E-state index in [1.807, 2.05) is 0 Å². The van der Waals surface area contributed by atoms with Crippen molar-refractivity contribution in [2.45, 2.75) is 64.4 Å². The standard InChI is InChI=1S/C16H26BClO2/c1-8(2)6-11(18)17-19-10-7-9-12-13(9)15(3,4)14(12)16(10,5)20-17/h8-14H,6-7H2,1-5H3/t9-,10+,11+,12?,13+,14-,16+/m0/s1. The third-order valence-corrected chi connectivity index (χ3v) is 7.06. The first-order valence-corrected chi connectivity index (χ1v) is 8.67. The molecule has 0 spiro atoms. The van der Waals surface area contributed by atoms with Gasteiger partial charge in [0.05, 0.1) is 17.0 Å². The van der Waals surface area contributed by atoms with Crippen LogP contribution in [0.4, 0.5) is 0 Å². The molecule has 112 valence electrons. The van der Waals surface area contributed by atoms with Crippen molar-refractivity contribution in [1.82, 2.24) is 0 Å². The molecule has 20 heavy (non-hydrogen) atoms. The van der Waals surface area contributed by atoms with Crippen molar-refractivity contribution in [3.63, 3.8) is 0 Å². The second kappa shape index (κ2) is 3.97. The number of rotatable bonds is 3. The van der Waals surface area contributed by atoms with Gasteiger partial charge in [-0.25, -0.2) is 0 Å². The van der Waals surface area contributed by atoms with Crippen LogP contribution in [-0.4, -0.2) is 24.1 Å². The fourth-order valence-electron chi connectivity index (χ4n) is 6.09. The van der Waals surface area contributed by atoms with E-state index in [0.717, 1.165) is 24.2 Å². The van der Waals surface area contributed by atoms with Crippen LogP contribution in [0.1, 0.15) is 47.5 Å². The van der Waals surface area contributed by atoms with E-state index in [1.165, 1.54) is 6.42 Å². The Morgan fingerprint density at radius 3 is 2.65 bits per heavy atom. The van der Waals surface area contributed by atoms with Crippen LogP contribution in [0.15, 0.2) is 0 Å². The third-order valence-electron chi connectivity index (χ3n) is 6.68. The Labute approximate surface area is 128 Å². The number of hydrogen-bond acceptors (Lipinski definition) is 2. The summed E-state index contributed by atoms with van der Waals surface area (Å²) < 4.78 is 12.7. The molecule has 0 aromatic heterocycles. The predicted octanol–water partition coefficient (Wildman–Crippen LogP) is 3.76. The zero-order valence-corrected chi connectivity index (χ0v) is 14.0. The van der Waals surface area contributed by atoms with Crippen LogP contribution in [0.25, 0.3) is 0 Å². The van der Waals surface area contributed by atoms with Gasteiger partial charge < -0.3 is 9.31 Å². The van der Waals surface area contributed by atoms with Crippen LogP contribution < -0.4 is 0 Å². The Kier molecular flexibility index (Phi) is 2.76. The average Bonchev–Trinajstić information content (AvgIpc) is 2.86. The second-order valence-electron chi connectivity index (χ2n) is 8.74. The van der Waals surface area contributed by atoms with E-state index in [0.29, 0.717) is 17.3 Å². The van der Waals surface area contributed by atoms with E-state index in [-0.39, 0.29) is 24.1 Å². The van der Waals surface area contributed by atoms with E-state index < -0.39 is 0 Å². The van der Waals surface area contributed by atoms with E-state index in [9.17, 15) is 0 Å². The molecule has 4 rings (SSSR count). The van der Waals surface area contributed by atoms with Gasteiger partial charge in [-0.05, 0) is 54.8 Å². The monoisotopic (exact) mass is 296 g/mol. The van der Waals surface area contributed by atoms with E-state index in [2.05, 4.69) is 34.6 Å². The van der Waals surface area contributed by atoms with Crippen LogP contribution >= 0.6 is 11.6 Å². The molecule has 0 radical (unpaired) electrons. The summed E-state index contributed by atoms with van der Waals surface area (Å²) in [5.74, 6) is 3.99. The summed E-state index contributed by atoms with van der Waals surface area (Å²) in [4.78, 5) is 0. The number of hydrogen-bond donors (Lipinski definition) is 0. The smallest absolute Gasteiger partial charge is 0.404 e. The fourth-order valence-corrected chi connectivity index (χ4v) is 6.56. The van der Waals surface area contributed by atoms with E-state index >= 15 is 0 Å². The van der Waals surface area contributed by atoms with Crippen molar-refractivity contribution in [3.8, 4) is 0 Å². The minimum atomic E-state index is -0.207. The lowest BCUT2D eigenvalue weighted by molar-refractivity contribution is -0.119. The van der Waals surface area contributed by atoms with Crippen molar-refractivity contribution in [2.24, 2.45) is 35.0 Å². The molecule has 0 aromatic rings. The van der Waals surface area contributed by atoms with Crippen molar-refractivity contribution in [2.75, 3.05) is 0 Å². The van der Waals surface area contributed by atoms with Gasteiger partial charge in [0.1, 0.15) is 0 Å². The first-order chi connectivity index (χ1) is 9.26. The zero-order chi connectivity index (χ0) is 14.4. The topological polar surface area (TPSA) is 18.5 Å². The van der Waals surface area contributed by atoms with Crippen molar-refractivity contribution >= 4 is 18.7 Å². The van der Waals surface area contributed by atoms with Gasteiger partial charge in [0.2, 0.25) is 0 Å². The summed E-state index contributed by atoms with van der Waals surface area (Å²) in [5, 5.41) is -0.0206. The SMILES string of the molecule is CC(C)C[C@@H](Cl)B1O[C@@H]2C[C@H]3C4[C@@H]3C(C)(C)[C@H]4[C@]2(C)O1. The Morgan fingerprint density at radius 2 is 2.00 bits per heavy atom. The highest BCUT2D eigenvalue weighted by molar-refractivity contribution is 6.59. The zero-order valence-electron chi connectivity index (χ0n) is 13.2. The van der Waals surface area contributed by atoms with Crippen LogP contribution in [0.5, 0.6) is 0 Å². The lowest BCUT2D eigenvalue weighted by atomic mass is 9.55. The molecule has 0 N–H and O–H groups in total. The van der Waals surface area contributed by atoms with Gasteiger partial charge in [-0.2, -0.15) is 0 Å². The first-order valence-electron chi connectivity index (χ1n) is 8.24. The average molecular weight is 297 g/mol. The van der Waals surface area contributed by atoms with Gasteiger partial charge in [0.25, 0.3) is 0 Å². The highest BCUT2D eigenvalue weighted by atomic mass is 35.5. The number of halogens is 1. The first kappa shape index (κ1) is 13.9. The Hall–Kier alpha value is 0.275. The molecular formula is C16H26BClO2. The molecular weight excluding hydrogens is 270 g/mol. The molecule has 4 fully saturated rings. The molecule has 4 aliphatic rings. The maximum absolute atomic E-state index is 6.54. The minimum Gasteiger partial charge on any atom is -0.404 e. The van der Waals surface area contributed by atoms with Crippen LogP contribution in [0, 0.1) is 35.0 Å². The highest BCUT2D eigenvalue weighted by Crippen LogP contribution is 2.82. The number of alkyl halides is 1. The summed E-state index contributed by atoms with van der Waals surface area (Å²) in [6.07, 6.45) is 2.41. The van der Waals surface area contributed by atoms with E-state index in [4.69, 9.17) is 20.9 Å². The lowest BCUT2D eigenvalue weighted by Gasteiger charge is -2.53. The van der Waals surface area contributed by atoms with Gasteiger partial charge in [-0.1, -0.05) is 27.7 Å². The second-order valence-corrected chi connectivity index (χ2v) is 9.30. The third kappa shape index (κ3) is 1.55. The molecule has 3 saturated carbocycles. The highest BCUT2D eigenvalue weighted by Gasteiger charge is 2.82. The molecule has 0 amide bonds. The normalized spacial score (nSPS) is 52.4. The summed E-state index contributed by atoms with van der Waals surface area (Å²) in [7, 11) is -0.207. The van der Waals surface area contributed by atoms with Crippen molar-refractivity contribution in [3.05, 3.63) is 0 Å². The largest absolute Gasteiger partial charge is 0.476 e. The lowest BCUT2D eigenvalue weighted by Crippen LogP contribution is -2.57. The Bertz CT molecular complexity index is 440. The van der Waals surface area contributed by atoms with Gasteiger partial charge in [0.15, 0.2) is 0 Å². The molecule has 3 aliphatic carbocycles.